The van der Waals surface area contributed by atoms with Crippen molar-refractivity contribution in [3.05, 3.63) is 35.9 Å². The van der Waals surface area contributed by atoms with Crippen molar-refractivity contribution in [2.24, 2.45) is 5.73 Å². The molecule has 3 nitrogen and oxygen atoms in total. The molecule has 0 heterocycles. The number of nitrogens with two attached hydrogens (primary N) is 1. The van der Waals surface area contributed by atoms with Crippen molar-refractivity contribution in [1.29, 1.82) is 0 Å². The predicted octanol–water partition coefficient (Wildman–Crippen LogP) is 0.955. The van der Waals surface area contributed by atoms with E-state index in [2.05, 4.69) is 12.1 Å². The molecule has 15 heavy (non-hydrogen) atoms. The van der Waals surface area contributed by atoms with Gasteiger partial charge in [0.15, 0.2) is 0 Å². The molecule has 1 aromatic rings. The van der Waals surface area contributed by atoms with Crippen LogP contribution in [-0.2, 0) is 11.2 Å². The number of benzene rings is 1. The van der Waals surface area contributed by atoms with E-state index in [4.69, 9.17) is 15.6 Å². The van der Waals surface area contributed by atoms with Crippen LogP contribution in [0.4, 0.5) is 0 Å². The zero-order chi connectivity index (χ0) is 10.9. The molecule has 0 saturated heterocycles. The van der Waals surface area contributed by atoms with Gasteiger partial charge >= 0.3 is 0 Å². The Morgan fingerprint density at radius 3 is 2.67 bits per heavy atom. The maximum absolute atomic E-state index is 8.66. The molecule has 0 fully saturated rings. The van der Waals surface area contributed by atoms with Crippen LogP contribution < -0.4 is 5.73 Å². The maximum atomic E-state index is 8.66. The number of rotatable bonds is 7. The highest BCUT2D eigenvalue weighted by atomic mass is 16.5. The van der Waals surface area contributed by atoms with E-state index in [1.807, 2.05) is 18.2 Å². The van der Waals surface area contributed by atoms with E-state index in [-0.39, 0.29) is 12.6 Å². The summed E-state index contributed by atoms with van der Waals surface area (Å²) in [6.07, 6.45) is 2.01. The lowest BCUT2D eigenvalue weighted by Crippen LogP contribution is -2.30. The molecule has 1 aromatic carbocycles. The normalized spacial score (nSPS) is 12.7. The van der Waals surface area contributed by atoms with Gasteiger partial charge in [-0.25, -0.2) is 0 Å². The molecule has 0 spiro atoms. The monoisotopic (exact) mass is 209 g/mol. The molecule has 0 aromatic heterocycles. The topological polar surface area (TPSA) is 55.5 Å². The fourth-order valence-electron chi connectivity index (χ4n) is 1.31. The van der Waals surface area contributed by atoms with Crippen molar-refractivity contribution in [2.45, 2.75) is 18.9 Å². The summed E-state index contributed by atoms with van der Waals surface area (Å²) in [5.74, 6) is 0. The Morgan fingerprint density at radius 1 is 1.27 bits per heavy atom. The summed E-state index contributed by atoms with van der Waals surface area (Å²) < 4.78 is 5.32. The Morgan fingerprint density at radius 2 is 2.00 bits per heavy atom. The van der Waals surface area contributed by atoms with E-state index in [0.717, 1.165) is 12.8 Å². The Bertz CT molecular complexity index is 251. The van der Waals surface area contributed by atoms with Crippen LogP contribution in [0.3, 0.4) is 0 Å². The highest BCUT2D eigenvalue weighted by Gasteiger charge is 1.99. The van der Waals surface area contributed by atoms with Crippen molar-refractivity contribution < 1.29 is 9.84 Å². The quantitative estimate of drug-likeness (QED) is 0.657. The molecule has 0 aliphatic rings. The molecule has 0 unspecified atom stereocenters. The van der Waals surface area contributed by atoms with Crippen molar-refractivity contribution in [3.8, 4) is 0 Å². The first-order valence-electron chi connectivity index (χ1n) is 5.31. The van der Waals surface area contributed by atoms with E-state index >= 15 is 0 Å². The van der Waals surface area contributed by atoms with Gasteiger partial charge < -0.3 is 15.6 Å². The van der Waals surface area contributed by atoms with Gasteiger partial charge in [0, 0.05) is 6.61 Å². The Labute approximate surface area is 90.9 Å². The van der Waals surface area contributed by atoms with Crippen LogP contribution in [0.25, 0.3) is 0 Å². The van der Waals surface area contributed by atoms with Gasteiger partial charge in [0.05, 0.1) is 19.3 Å². The standard InChI is InChI=1S/C12H19NO2/c13-12(9-14)10-15-8-4-7-11-5-2-1-3-6-11/h1-3,5-6,12,14H,4,7-10,13H2/t12-/m1/s1. The van der Waals surface area contributed by atoms with E-state index in [0.29, 0.717) is 13.2 Å². The molecule has 84 valence electrons. The largest absolute Gasteiger partial charge is 0.395 e. The third kappa shape index (κ3) is 5.52. The molecule has 1 atom stereocenters. The lowest BCUT2D eigenvalue weighted by molar-refractivity contribution is 0.0994. The van der Waals surface area contributed by atoms with E-state index in [9.17, 15) is 0 Å². The molecule has 0 saturated carbocycles. The summed E-state index contributed by atoms with van der Waals surface area (Å²) >= 11 is 0. The molecule has 0 radical (unpaired) electrons. The first-order chi connectivity index (χ1) is 7.33. The van der Waals surface area contributed by atoms with Crippen LogP contribution in [0, 0.1) is 0 Å². The molecular formula is C12H19NO2. The molecule has 0 bridgehead atoms. The molecule has 1 rings (SSSR count). The van der Waals surface area contributed by atoms with Gasteiger partial charge in [0.25, 0.3) is 0 Å². The van der Waals surface area contributed by atoms with Crippen LogP contribution >= 0.6 is 0 Å². The molecule has 0 amide bonds. The van der Waals surface area contributed by atoms with Gasteiger partial charge in [-0.15, -0.1) is 0 Å². The minimum atomic E-state index is -0.248. The van der Waals surface area contributed by atoms with Gasteiger partial charge in [0.1, 0.15) is 0 Å². The fraction of sp³-hybridized carbons (Fsp3) is 0.500. The Balaban J connectivity index is 2.03. The van der Waals surface area contributed by atoms with Gasteiger partial charge in [-0.3, -0.25) is 0 Å². The van der Waals surface area contributed by atoms with Crippen molar-refractivity contribution in [3.63, 3.8) is 0 Å². The third-order valence-electron chi connectivity index (χ3n) is 2.16. The Hall–Kier alpha value is -0.900. The second-order valence-corrected chi connectivity index (χ2v) is 3.61. The van der Waals surface area contributed by atoms with E-state index in [1.165, 1.54) is 5.56 Å². The van der Waals surface area contributed by atoms with Crippen LogP contribution in [-0.4, -0.2) is 31.0 Å². The van der Waals surface area contributed by atoms with E-state index < -0.39 is 0 Å². The zero-order valence-corrected chi connectivity index (χ0v) is 8.93. The molecular weight excluding hydrogens is 190 g/mol. The average Bonchev–Trinajstić information content (AvgIpc) is 2.29. The summed E-state index contributed by atoms with van der Waals surface area (Å²) in [6.45, 7) is 1.12. The second kappa shape index (κ2) is 7.40. The predicted molar refractivity (Wildman–Crippen MR) is 60.6 cm³/mol. The smallest absolute Gasteiger partial charge is 0.0639 e. The zero-order valence-electron chi connectivity index (χ0n) is 8.93. The third-order valence-corrected chi connectivity index (χ3v) is 2.16. The molecule has 3 heteroatoms. The first-order valence-corrected chi connectivity index (χ1v) is 5.31. The number of hydrogen-bond acceptors (Lipinski definition) is 3. The molecule has 0 aliphatic carbocycles. The second-order valence-electron chi connectivity index (χ2n) is 3.61. The maximum Gasteiger partial charge on any atom is 0.0639 e. The average molecular weight is 209 g/mol. The summed E-state index contributed by atoms with van der Waals surface area (Å²) in [5, 5.41) is 8.66. The van der Waals surface area contributed by atoms with Crippen LogP contribution in [0.1, 0.15) is 12.0 Å². The Kier molecular flexibility index (Phi) is 6.00. The van der Waals surface area contributed by atoms with Crippen molar-refractivity contribution in [1.82, 2.24) is 0 Å². The SMILES string of the molecule is N[C@H](CO)COCCCc1ccccc1. The van der Waals surface area contributed by atoms with Crippen LogP contribution in [0.5, 0.6) is 0 Å². The van der Waals surface area contributed by atoms with E-state index in [1.54, 1.807) is 0 Å². The summed E-state index contributed by atoms with van der Waals surface area (Å²) in [6, 6.07) is 10.1. The van der Waals surface area contributed by atoms with Gasteiger partial charge in [0.2, 0.25) is 0 Å². The summed E-state index contributed by atoms with van der Waals surface area (Å²) in [4.78, 5) is 0. The van der Waals surface area contributed by atoms with Crippen molar-refractivity contribution in [2.75, 3.05) is 19.8 Å². The van der Waals surface area contributed by atoms with Crippen LogP contribution in [0.2, 0.25) is 0 Å². The minimum absolute atomic E-state index is 0.0152. The molecule has 0 aliphatic heterocycles. The van der Waals surface area contributed by atoms with Gasteiger partial charge in [-0.1, -0.05) is 30.3 Å². The molecule has 3 N–H and O–H groups in total. The summed E-state index contributed by atoms with van der Waals surface area (Å²) in [5.41, 5.74) is 6.82. The number of ether oxygens (including phenoxy) is 1. The van der Waals surface area contributed by atoms with Gasteiger partial charge in [-0.2, -0.15) is 0 Å². The number of hydrogen-bond donors (Lipinski definition) is 2. The van der Waals surface area contributed by atoms with Crippen molar-refractivity contribution >= 4 is 0 Å². The van der Waals surface area contributed by atoms with Gasteiger partial charge in [-0.05, 0) is 18.4 Å². The number of aryl methyl sites for hydroxylation is 1. The lowest BCUT2D eigenvalue weighted by atomic mass is 10.1. The number of aliphatic hydroxyl groups is 1. The lowest BCUT2D eigenvalue weighted by Gasteiger charge is -2.08. The summed E-state index contributed by atoms with van der Waals surface area (Å²) in [7, 11) is 0. The minimum Gasteiger partial charge on any atom is -0.395 e. The highest BCUT2D eigenvalue weighted by molar-refractivity contribution is 5.14. The number of aliphatic hydroxyl groups excluding tert-OH is 1. The highest BCUT2D eigenvalue weighted by Crippen LogP contribution is 2.02. The van der Waals surface area contributed by atoms with Crippen LogP contribution in [0.15, 0.2) is 30.3 Å². The fourth-order valence-corrected chi connectivity index (χ4v) is 1.31. The first kappa shape index (κ1) is 12.2.